The van der Waals surface area contributed by atoms with E-state index in [9.17, 15) is 9.59 Å². The van der Waals surface area contributed by atoms with Crippen LogP contribution in [0.2, 0.25) is 5.02 Å². The van der Waals surface area contributed by atoms with Crippen LogP contribution in [0.15, 0.2) is 16.6 Å². The van der Waals surface area contributed by atoms with Gasteiger partial charge < -0.3 is 0 Å². The van der Waals surface area contributed by atoms with Gasteiger partial charge in [0.25, 0.3) is 11.8 Å². The lowest BCUT2D eigenvalue weighted by Crippen LogP contribution is -2.20. The van der Waals surface area contributed by atoms with Gasteiger partial charge in [-0.25, -0.2) is 0 Å². The summed E-state index contributed by atoms with van der Waals surface area (Å²) in [5.74, 6) is -0.785. The largest absolute Gasteiger partial charge is 0.288 e. The van der Waals surface area contributed by atoms with Crippen LogP contribution in [0.1, 0.15) is 20.7 Å². The van der Waals surface area contributed by atoms with E-state index in [2.05, 4.69) is 21.2 Å². The maximum atomic E-state index is 11.2. The van der Waals surface area contributed by atoms with Gasteiger partial charge >= 0.3 is 0 Å². The van der Waals surface area contributed by atoms with E-state index in [0.29, 0.717) is 20.6 Å². The molecule has 0 saturated carbocycles. The van der Waals surface area contributed by atoms with Crippen LogP contribution in [0.25, 0.3) is 0 Å². The lowest BCUT2D eigenvalue weighted by Gasteiger charge is -1.98. The van der Waals surface area contributed by atoms with Crippen LogP contribution in [0.4, 0.5) is 0 Å². The molecule has 0 aromatic heterocycles. The Morgan fingerprint density at radius 1 is 1.23 bits per heavy atom. The first kappa shape index (κ1) is 8.72. The van der Waals surface area contributed by atoms with E-state index in [1.165, 1.54) is 6.07 Å². The van der Waals surface area contributed by atoms with Gasteiger partial charge in [-0.3, -0.25) is 14.9 Å². The summed E-state index contributed by atoms with van der Waals surface area (Å²) in [6.07, 6.45) is 0. The fourth-order valence-corrected chi connectivity index (χ4v) is 2.21. The molecule has 0 aliphatic carbocycles. The van der Waals surface area contributed by atoms with Crippen molar-refractivity contribution in [2.24, 2.45) is 0 Å². The summed E-state index contributed by atoms with van der Waals surface area (Å²) in [6.45, 7) is 0. The predicted molar refractivity (Wildman–Crippen MR) is 50.9 cm³/mol. The highest BCUT2D eigenvalue weighted by molar-refractivity contribution is 9.10. The molecule has 1 heterocycles. The molecule has 1 aliphatic rings. The summed E-state index contributed by atoms with van der Waals surface area (Å²) in [5.41, 5.74) is 0.679. The standard InChI is InChI=1S/C8H3BrClNO2/c9-5-2-3(10)1-4-6(5)8(13)11-7(4)12/h1-2H,(H,11,12,13). The summed E-state index contributed by atoms with van der Waals surface area (Å²) in [7, 11) is 0. The molecule has 66 valence electrons. The molecule has 2 rings (SSSR count). The molecule has 1 aromatic rings. The highest BCUT2D eigenvalue weighted by Crippen LogP contribution is 2.28. The highest BCUT2D eigenvalue weighted by atomic mass is 79.9. The van der Waals surface area contributed by atoms with Gasteiger partial charge in [0.2, 0.25) is 0 Å². The molecule has 0 saturated heterocycles. The minimum atomic E-state index is -0.400. The molecule has 0 atom stereocenters. The minimum absolute atomic E-state index is 0.323. The van der Waals surface area contributed by atoms with Crippen LogP contribution in [-0.4, -0.2) is 11.8 Å². The third-order valence-corrected chi connectivity index (χ3v) is 2.60. The zero-order valence-electron chi connectivity index (χ0n) is 6.23. The van der Waals surface area contributed by atoms with Crippen molar-refractivity contribution in [3.05, 3.63) is 32.8 Å². The van der Waals surface area contributed by atoms with E-state index in [1.807, 2.05) is 0 Å². The summed E-state index contributed by atoms with van der Waals surface area (Å²) < 4.78 is 0.540. The fraction of sp³-hybridized carbons (Fsp3) is 0. The number of carbonyl (C=O) groups excluding carboxylic acids is 2. The van der Waals surface area contributed by atoms with Gasteiger partial charge in [0.05, 0.1) is 11.1 Å². The molecular formula is C8H3BrClNO2. The van der Waals surface area contributed by atoms with Crippen molar-refractivity contribution in [3.63, 3.8) is 0 Å². The van der Waals surface area contributed by atoms with Crippen LogP contribution < -0.4 is 5.32 Å². The van der Waals surface area contributed by atoms with Gasteiger partial charge in [0.15, 0.2) is 0 Å². The molecule has 13 heavy (non-hydrogen) atoms. The number of carbonyl (C=O) groups is 2. The van der Waals surface area contributed by atoms with Crippen molar-refractivity contribution in [2.45, 2.75) is 0 Å². The molecule has 1 N–H and O–H groups in total. The van der Waals surface area contributed by atoms with Crippen LogP contribution >= 0.6 is 27.5 Å². The first-order chi connectivity index (χ1) is 6.09. The number of hydrogen-bond donors (Lipinski definition) is 1. The Morgan fingerprint density at radius 2 is 1.92 bits per heavy atom. The summed E-state index contributed by atoms with van der Waals surface area (Å²) >= 11 is 8.89. The van der Waals surface area contributed by atoms with Crippen molar-refractivity contribution in [1.82, 2.24) is 5.32 Å². The van der Waals surface area contributed by atoms with Crippen LogP contribution in [-0.2, 0) is 0 Å². The smallest absolute Gasteiger partial charge is 0.260 e. The maximum Gasteiger partial charge on any atom is 0.260 e. The van der Waals surface area contributed by atoms with Crippen molar-refractivity contribution >= 4 is 39.3 Å². The SMILES string of the molecule is O=C1NC(=O)c2c(Br)cc(Cl)cc21. The van der Waals surface area contributed by atoms with Gasteiger partial charge in [0.1, 0.15) is 0 Å². The quantitative estimate of drug-likeness (QED) is 0.725. The zero-order chi connectivity index (χ0) is 9.59. The second kappa shape index (κ2) is 2.82. The zero-order valence-corrected chi connectivity index (χ0v) is 8.57. The Morgan fingerprint density at radius 3 is 2.62 bits per heavy atom. The molecule has 0 radical (unpaired) electrons. The van der Waals surface area contributed by atoms with Gasteiger partial charge in [-0.15, -0.1) is 0 Å². The molecule has 1 aliphatic heterocycles. The Labute approximate surface area is 87.2 Å². The number of benzene rings is 1. The second-order valence-electron chi connectivity index (χ2n) is 2.59. The third-order valence-electron chi connectivity index (χ3n) is 1.75. The monoisotopic (exact) mass is 259 g/mol. The summed E-state index contributed by atoms with van der Waals surface area (Å²) in [4.78, 5) is 22.4. The van der Waals surface area contributed by atoms with Crippen molar-refractivity contribution in [3.8, 4) is 0 Å². The van der Waals surface area contributed by atoms with Crippen LogP contribution in [0.3, 0.4) is 0 Å². The van der Waals surface area contributed by atoms with Crippen molar-refractivity contribution in [2.75, 3.05) is 0 Å². The number of halogens is 2. The Kier molecular flexibility index (Phi) is 1.89. The lowest BCUT2D eigenvalue weighted by molar-refractivity contribution is 0.0879. The number of nitrogens with one attached hydrogen (secondary N) is 1. The topological polar surface area (TPSA) is 46.2 Å². The van der Waals surface area contributed by atoms with Gasteiger partial charge in [-0.2, -0.15) is 0 Å². The normalized spacial score (nSPS) is 14.3. The Bertz CT molecular complexity index is 430. The van der Waals surface area contributed by atoms with Gasteiger partial charge in [-0.05, 0) is 28.1 Å². The molecule has 0 unspecified atom stereocenters. The molecule has 0 spiro atoms. The van der Waals surface area contributed by atoms with E-state index in [4.69, 9.17) is 11.6 Å². The second-order valence-corrected chi connectivity index (χ2v) is 3.88. The Hall–Kier alpha value is -0.870. The molecule has 2 amide bonds. The van der Waals surface area contributed by atoms with Crippen LogP contribution in [0, 0.1) is 0 Å². The summed E-state index contributed by atoms with van der Waals surface area (Å²) in [6, 6.07) is 3.06. The lowest BCUT2D eigenvalue weighted by atomic mass is 10.1. The molecule has 0 fully saturated rings. The molecule has 0 bridgehead atoms. The number of amides is 2. The first-order valence-corrected chi connectivity index (χ1v) is 4.61. The van der Waals surface area contributed by atoms with E-state index in [1.54, 1.807) is 6.07 Å². The van der Waals surface area contributed by atoms with E-state index in [-0.39, 0.29) is 5.91 Å². The Balaban J connectivity index is 2.77. The number of fused-ring (bicyclic) bond motifs is 1. The average molecular weight is 260 g/mol. The number of hydrogen-bond acceptors (Lipinski definition) is 2. The maximum absolute atomic E-state index is 11.2. The van der Waals surface area contributed by atoms with Crippen LogP contribution in [0.5, 0.6) is 0 Å². The van der Waals surface area contributed by atoms with Gasteiger partial charge in [0, 0.05) is 9.50 Å². The summed E-state index contributed by atoms with van der Waals surface area (Å²) in [5, 5.41) is 2.61. The van der Waals surface area contributed by atoms with Crippen molar-refractivity contribution in [1.29, 1.82) is 0 Å². The number of rotatable bonds is 0. The molecular weight excluding hydrogens is 257 g/mol. The fourth-order valence-electron chi connectivity index (χ4n) is 1.22. The predicted octanol–water partition coefficient (Wildman–Crippen LogP) is 1.99. The first-order valence-electron chi connectivity index (χ1n) is 3.44. The molecule has 3 nitrogen and oxygen atoms in total. The van der Waals surface area contributed by atoms with E-state index in [0.717, 1.165) is 0 Å². The van der Waals surface area contributed by atoms with Crippen molar-refractivity contribution < 1.29 is 9.59 Å². The molecule has 5 heteroatoms. The van der Waals surface area contributed by atoms with E-state index < -0.39 is 5.91 Å². The van der Waals surface area contributed by atoms with E-state index >= 15 is 0 Å². The third kappa shape index (κ3) is 1.26. The number of imide groups is 1. The van der Waals surface area contributed by atoms with Gasteiger partial charge in [-0.1, -0.05) is 11.6 Å². The average Bonchev–Trinajstić information content (AvgIpc) is 2.27. The minimum Gasteiger partial charge on any atom is -0.288 e. The highest BCUT2D eigenvalue weighted by Gasteiger charge is 2.29. The molecule has 1 aromatic carbocycles.